The summed E-state index contributed by atoms with van der Waals surface area (Å²) >= 11 is 3.56. The number of nitrogens with zero attached hydrogens (tertiary/aromatic N) is 1. The van der Waals surface area contributed by atoms with Crippen LogP contribution in [-0.4, -0.2) is 18.0 Å². The van der Waals surface area contributed by atoms with Gasteiger partial charge >= 0.3 is 0 Å². The topological polar surface area (TPSA) is 29.3 Å². The Kier molecular flexibility index (Phi) is 3.32. The van der Waals surface area contributed by atoms with Gasteiger partial charge in [-0.3, -0.25) is 4.90 Å². The van der Waals surface area contributed by atoms with Crippen molar-refractivity contribution in [3.05, 3.63) is 28.2 Å². The van der Waals surface area contributed by atoms with Crippen LogP contribution < -0.4 is 5.73 Å². The second-order valence-corrected chi connectivity index (χ2v) is 5.21. The molecule has 0 radical (unpaired) electrons. The van der Waals surface area contributed by atoms with Gasteiger partial charge in [-0.05, 0) is 37.6 Å². The Bertz CT molecular complexity index is 347. The smallest absolute Gasteiger partial charge is 0.0325 e. The highest BCUT2D eigenvalue weighted by atomic mass is 79.9. The van der Waals surface area contributed by atoms with Gasteiger partial charge in [0.1, 0.15) is 0 Å². The zero-order valence-electron chi connectivity index (χ0n) is 9.04. The molecule has 0 amide bonds. The lowest BCUT2D eigenvalue weighted by Crippen LogP contribution is -2.36. The number of hydrogen-bond acceptors (Lipinski definition) is 2. The molecule has 0 heterocycles. The standard InChI is InChI=1S/C12H17BrN2/c1-15(11-3-2-4-11)8-9-5-6-10(14)7-12(9)13/h5-7,11H,2-4,8,14H2,1H3. The molecule has 2 rings (SSSR count). The van der Waals surface area contributed by atoms with Crippen LogP contribution in [0.2, 0.25) is 0 Å². The van der Waals surface area contributed by atoms with Crippen LogP contribution in [0.4, 0.5) is 5.69 Å². The maximum Gasteiger partial charge on any atom is 0.0325 e. The van der Waals surface area contributed by atoms with Crippen molar-refractivity contribution in [1.29, 1.82) is 0 Å². The molecule has 0 aliphatic heterocycles. The molecular formula is C12H17BrN2. The van der Waals surface area contributed by atoms with Gasteiger partial charge < -0.3 is 5.73 Å². The van der Waals surface area contributed by atoms with E-state index in [0.29, 0.717) is 0 Å². The van der Waals surface area contributed by atoms with Crippen LogP contribution >= 0.6 is 15.9 Å². The van der Waals surface area contributed by atoms with Gasteiger partial charge in [0.05, 0.1) is 0 Å². The fourth-order valence-corrected chi connectivity index (χ4v) is 2.44. The molecule has 1 aromatic carbocycles. The Balaban J connectivity index is 2.03. The molecular weight excluding hydrogens is 252 g/mol. The first kappa shape index (κ1) is 11.0. The molecule has 0 atom stereocenters. The zero-order valence-corrected chi connectivity index (χ0v) is 10.6. The molecule has 0 spiro atoms. The predicted octanol–water partition coefficient (Wildman–Crippen LogP) is 3.02. The second-order valence-electron chi connectivity index (χ2n) is 4.35. The largest absolute Gasteiger partial charge is 0.399 e. The van der Waals surface area contributed by atoms with Gasteiger partial charge in [-0.15, -0.1) is 0 Å². The van der Waals surface area contributed by atoms with Gasteiger partial charge in [0, 0.05) is 22.7 Å². The van der Waals surface area contributed by atoms with E-state index in [1.54, 1.807) is 0 Å². The Morgan fingerprint density at radius 1 is 1.47 bits per heavy atom. The quantitative estimate of drug-likeness (QED) is 0.855. The van der Waals surface area contributed by atoms with Gasteiger partial charge in [-0.1, -0.05) is 28.4 Å². The third kappa shape index (κ3) is 2.52. The van der Waals surface area contributed by atoms with Crippen LogP contribution in [0.25, 0.3) is 0 Å². The lowest BCUT2D eigenvalue weighted by atomic mass is 9.91. The fraction of sp³-hybridized carbons (Fsp3) is 0.500. The highest BCUT2D eigenvalue weighted by Crippen LogP contribution is 2.27. The summed E-state index contributed by atoms with van der Waals surface area (Å²) in [6, 6.07) is 6.84. The van der Waals surface area contributed by atoms with E-state index >= 15 is 0 Å². The summed E-state index contributed by atoms with van der Waals surface area (Å²) in [5.41, 5.74) is 7.85. The van der Waals surface area contributed by atoms with Crippen molar-refractivity contribution in [1.82, 2.24) is 4.90 Å². The number of anilines is 1. The minimum Gasteiger partial charge on any atom is -0.399 e. The van der Waals surface area contributed by atoms with Crippen molar-refractivity contribution in [3.63, 3.8) is 0 Å². The van der Waals surface area contributed by atoms with E-state index in [0.717, 1.165) is 22.7 Å². The van der Waals surface area contributed by atoms with Gasteiger partial charge in [-0.2, -0.15) is 0 Å². The lowest BCUT2D eigenvalue weighted by molar-refractivity contribution is 0.152. The van der Waals surface area contributed by atoms with E-state index in [4.69, 9.17) is 5.73 Å². The molecule has 1 aromatic rings. The minimum absolute atomic E-state index is 0.787. The van der Waals surface area contributed by atoms with Crippen molar-refractivity contribution in [3.8, 4) is 0 Å². The van der Waals surface area contributed by atoms with E-state index in [9.17, 15) is 0 Å². The molecule has 1 fully saturated rings. The number of nitrogens with two attached hydrogens (primary N) is 1. The monoisotopic (exact) mass is 268 g/mol. The van der Waals surface area contributed by atoms with Crippen LogP contribution in [0.5, 0.6) is 0 Å². The Hall–Kier alpha value is -0.540. The Morgan fingerprint density at radius 3 is 2.73 bits per heavy atom. The molecule has 0 bridgehead atoms. The van der Waals surface area contributed by atoms with Crippen LogP contribution in [0.3, 0.4) is 0 Å². The average Bonchev–Trinajstić information content (AvgIpc) is 2.07. The fourth-order valence-electron chi connectivity index (χ4n) is 1.92. The molecule has 0 saturated heterocycles. The number of benzene rings is 1. The van der Waals surface area contributed by atoms with Crippen molar-refractivity contribution >= 4 is 21.6 Å². The Morgan fingerprint density at radius 2 is 2.20 bits per heavy atom. The summed E-state index contributed by atoms with van der Waals surface area (Å²) in [6.07, 6.45) is 4.09. The third-order valence-corrected chi connectivity index (χ3v) is 3.93. The average molecular weight is 269 g/mol. The molecule has 0 unspecified atom stereocenters. The highest BCUT2D eigenvalue weighted by molar-refractivity contribution is 9.10. The first-order chi connectivity index (χ1) is 7.16. The molecule has 82 valence electrons. The van der Waals surface area contributed by atoms with Gasteiger partial charge in [0.25, 0.3) is 0 Å². The number of hydrogen-bond donors (Lipinski definition) is 1. The summed E-state index contributed by atoms with van der Waals surface area (Å²) in [5.74, 6) is 0. The highest BCUT2D eigenvalue weighted by Gasteiger charge is 2.22. The first-order valence-electron chi connectivity index (χ1n) is 5.41. The summed E-state index contributed by atoms with van der Waals surface area (Å²) in [7, 11) is 2.20. The molecule has 1 aliphatic rings. The van der Waals surface area contributed by atoms with Gasteiger partial charge in [0.15, 0.2) is 0 Å². The van der Waals surface area contributed by atoms with Crippen LogP contribution in [0, 0.1) is 0 Å². The number of halogens is 1. The number of nitrogen functional groups attached to an aromatic ring is 1. The lowest BCUT2D eigenvalue weighted by Gasteiger charge is -2.34. The molecule has 1 saturated carbocycles. The predicted molar refractivity (Wildman–Crippen MR) is 67.7 cm³/mol. The summed E-state index contributed by atoms with van der Waals surface area (Å²) in [6.45, 7) is 1.01. The summed E-state index contributed by atoms with van der Waals surface area (Å²) in [4.78, 5) is 2.43. The molecule has 15 heavy (non-hydrogen) atoms. The van der Waals surface area contributed by atoms with Crippen molar-refractivity contribution in [2.75, 3.05) is 12.8 Å². The molecule has 2 nitrogen and oxygen atoms in total. The summed E-state index contributed by atoms with van der Waals surface area (Å²) < 4.78 is 1.12. The van der Waals surface area contributed by atoms with Crippen molar-refractivity contribution in [2.24, 2.45) is 0 Å². The molecule has 1 aliphatic carbocycles. The van der Waals surface area contributed by atoms with E-state index in [2.05, 4.69) is 33.9 Å². The first-order valence-corrected chi connectivity index (χ1v) is 6.20. The normalized spacial score (nSPS) is 16.7. The van der Waals surface area contributed by atoms with Crippen LogP contribution in [-0.2, 0) is 6.54 Å². The van der Waals surface area contributed by atoms with E-state index in [-0.39, 0.29) is 0 Å². The van der Waals surface area contributed by atoms with Gasteiger partial charge in [-0.25, -0.2) is 0 Å². The Labute approximate surface area is 99.6 Å². The van der Waals surface area contributed by atoms with E-state index < -0.39 is 0 Å². The maximum atomic E-state index is 5.71. The maximum absolute atomic E-state index is 5.71. The SMILES string of the molecule is CN(Cc1ccc(N)cc1Br)C1CCC1. The van der Waals surface area contributed by atoms with Gasteiger partial charge in [0.2, 0.25) is 0 Å². The number of rotatable bonds is 3. The van der Waals surface area contributed by atoms with Crippen molar-refractivity contribution in [2.45, 2.75) is 31.8 Å². The minimum atomic E-state index is 0.787. The molecule has 2 N–H and O–H groups in total. The summed E-state index contributed by atoms with van der Waals surface area (Å²) in [5, 5.41) is 0. The van der Waals surface area contributed by atoms with Crippen molar-refractivity contribution < 1.29 is 0 Å². The molecule has 3 heteroatoms. The third-order valence-electron chi connectivity index (χ3n) is 3.19. The van der Waals surface area contributed by atoms with E-state index in [1.165, 1.54) is 24.8 Å². The molecule has 0 aromatic heterocycles. The second kappa shape index (κ2) is 4.54. The zero-order chi connectivity index (χ0) is 10.8. The van der Waals surface area contributed by atoms with Crippen LogP contribution in [0.15, 0.2) is 22.7 Å². The van der Waals surface area contributed by atoms with Crippen LogP contribution in [0.1, 0.15) is 24.8 Å². The van der Waals surface area contributed by atoms with E-state index in [1.807, 2.05) is 12.1 Å².